The van der Waals surface area contributed by atoms with Gasteiger partial charge in [-0.25, -0.2) is 0 Å². The van der Waals surface area contributed by atoms with Gasteiger partial charge in [0.15, 0.2) is 0 Å². The Labute approximate surface area is 188 Å². The second-order valence-corrected chi connectivity index (χ2v) is 8.78. The minimum Gasteiger partial charge on any atom is -0.457 e. The number of nitrogens with one attached hydrogen (secondary N) is 1. The largest absolute Gasteiger partial charge is 0.457 e. The summed E-state index contributed by atoms with van der Waals surface area (Å²) in [7, 11) is 0. The molecule has 3 aromatic carbocycles. The predicted molar refractivity (Wildman–Crippen MR) is 124 cm³/mol. The van der Waals surface area contributed by atoms with E-state index in [2.05, 4.69) is 15.5 Å². The van der Waals surface area contributed by atoms with Gasteiger partial charge in [0.1, 0.15) is 16.5 Å². The average Bonchev–Trinajstić information content (AvgIpc) is 3.40. The van der Waals surface area contributed by atoms with Gasteiger partial charge in [0.05, 0.1) is 5.92 Å². The molecule has 0 bridgehead atoms. The van der Waals surface area contributed by atoms with E-state index in [0.29, 0.717) is 17.4 Å². The average molecular weight is 445 g/mol. The molecular formula is C24H20N4O3S. The van der Waals surface area contributed by atoms with E-state index in [1.807, 2.05) is 73.7 Å². The summed E-state index contributed by atoms with van der Waals surface area (Å²) in [5, 5.41) is 13.9. The Bertz CT molecular complexity index is 1300. The summed E-state index contributed by atoms with van der Waals surface area (Å²) in [5.41, 5.74) is 0.738. The molecule has 8 heteroatoms. The lowest BCUT2D eigenvalue weighted by Gasteiger charge is -2.17. The number of aromatic nitrogens is 2. The fourth-order valence-corrected chi connectivity index (χ4v) is 4.39. The van der Waals surface area contributed by atoms with Crippen LogP contribution < -0.4 is 15.0 Å². The molecule has 0 unspecified atom stereocenters. The molecule has 1 fully saturated rings. The Morgan fingerprint density at radius 1 is 1.06 bits per heavy atom. The summed E-state index contributed by atoms with van der Waals surface area (Å²) in [4.78, 5) is 26.7. The van der Waals surface area contributed by atoms with Crippen molar-refractivity contribution in [3.8, 4) is 11.5 Å². The standard InChI is InChI=1S/C24H20N4O3S/c1-15-26-27-24(32-15)25-23(30)17-13-22(29)28(14-17)18-9-11-19(12-10-18)31-21-8-4-6-16-5-2-3-7-20(16)21/h2-12,17H,13-14H2,1H3,(H,25,27,30)/t17-/m0/s1. The van der Waals surface area contributed by atoms with Crippen LogP contribution >= 0.6 is 11.3 Å². The third-order valence-corrected chi connectivity index (χ3v) is 6.13. The molecule has 0 aliphatic carbocycles. The zero-order valence-corrected chi connectivity index (χ0v) is 18.1. The maximum atomic E-state index is 12.6. The fraction of sp³-hybridized carbons (Fsp3) is 0.167. The molecule has 1 aromatic heterocycles. The maximum absolute atomic E-state index is 12.6. The fourth-order valence-electron chi connectivity index (χ4n) is 3.79. The minimum atomic E-state index is -0.432. The SMILES string of the molecule is Cc1nnc(NC(=O)[C@H]2CC(=O)N(c3ccc(Oc4cccc5ccccc45)cc3)C2)s1. The maximum Gasteiger partial charge on any atom is 0.231 e. The first-order chi connectivity index (χ1) is 15.6. The molecule has 5 rings (SSSR count). The van der Waals surface area contributed by atoms with Crippen molar-refractivity contribution >= 4 is 44.7 Å². The quantitative estimate of drug-likeness (QED) is 0.479. The highest BCUT2D eigenvalue weighted by Crippen LogP contribution is 2.32. The number of ether oxygens (including phenoxy) is 1. The van der Waals surface area contributed by atoms with Crippen LogP contribution in [0.15, 0.2) is 66.7 Å². The number of benzene rings is 3. The van der Waals surface area contributed by atoms with E-state index >= 15 is 0 Å². The van der Waals surface area contributed by atoms with E-state index < -0.39 is 5.92 Å². The van der Waals surface area contributed by atoms with E-state index in [1.165, 1.54) is 11.3 Å². The van der Waals surface area contributed by atoms with Crippen molar-refractivity contribution in [3.63, 3.8) is 0 Å². The minimum absolute atomic E-state index is 0.0821. The van der Waals surface area contributed by atoms with E-state index in [0.717, 1.165) is 27.2 Å². The van der Waals surface area contributed by atoms with Crippen molar-refractivity contribution in [2.24, 2.45) is 5.92 Å². The van der Waals surface area contributed by atoms with Crippen LogP contribution in [0.5, 0.6) is 11.5 Å². The third kappa shape index (κ3) is 4.04. The Morgan fingerprint density at radius 2 is 1.84 bits per heavy atom. The molecule has 7 nitrogen and oxygen atoms in total. The van der Waals surface area contributed by atoms with Crippen LogP contribution in [0.1, 0.15) is 11.4 Å². The topological polar surface area (TPSA) is 84.4 Å². The molecule has 0 radical (unpaired) electrons. The number of hydrogen-bond acceptors (Lipinski definition) is 6. The Morgan fingerprint density at radius 3 is 2.62 bits per heavy atom. The highest BCUT2D eigenvalue weighted by molar-refractivity contribution is 7.15. The van der Waals surface area contributed by atoms with Gasteiger partial charge in [-0.2, -0.15) is 0 Å². The predicted octanol–water partition coefficient (Wildman–Crippen LogP) is 4.78. The molecule has 1 aliphatic rings. The van der Waals surface area contributed by atoms with Gasteiger partial charge in [-0.05, 0) is 42.6 Å². The zero-order chi connectivity index (χ0) is 22.1. The molecule has 1 atom stereocenters. The van der Waals surface area contributed by atoms with Crippen molar-refractivity contribution < 1.29 is 14.3 Å². The van der Waals surface area contributed by atoms with Gasteiger partial charge in [-0.1, -0.05) is 47.7 Å². The molecule has 2 heterocycles. The lowest BCUT2D eigenvalue weighted by Crippen LogP contribution is -2.28. The van der Waals surface area contributed by atoms with Gasteiger partial charge in [-0.3, -0.25) is 9.59 Å². The number of rotatable bonds is 5. The molecule has 160 valence electrons. The van der Waals surface area contributed by atoms with Gasteiger partial charge in [0.2, 0.25) is 16.9 Å². The number of carbonyl (C=O) groups excluding carboxylic acids is 2. The number of fused-ring (bicyclic) bond motifs is 1. The van der Waals surface area contributed by atoms with E-state index in [4.69, 9.17) is 4.74 Å². The Hall–Kier alpha value is -3.78. The van der Waals surface area contributed by atoms with Crippen molar-refractivity contribution in [2.75, 3.05) is 16.8 Å². The summed E-state index contributed by atoms with van der Waals surface area (Å²) in [5.74, 6) is 0.724. The Kier molecular flexibility index (Phi) is 5.28. The molecule has 4 aromatic rings. The molecule has 1 N–H and O–H groups in total. The van der Waals surface area contributed by atoms with Crippen LogP contribution in [0.2, 0.25) is 0 Å². The van der Waals surface area contributed by atoms with E-state index in [1.54, 1.807) is 4.90 Å². The van der Waals surface area contributed by atoms with E-state index in [-0.39, 0.29) is 18.2 Å². The monoisotopic (exact) mass is 444 g/mol. The molecule has 32 heavy (non-hydrogen) atoms. The second kappa shape index (κ2) is 8.39. The molecule has 1 aliphatic heterocycles. The summed E-state index contributed by atoms with van der Waals surface area (Å²) in [6.07, 6.45) is 0.165. The van der Waals surface area contributed by atoms with Crippen LogP contribution in [-0.4, -0.2) is 28.6 Å². The van der Waals surface area contributed by atoms with Gasteiger partial charge in [0.25, 0.3) is 0 Å². The second-order valence-electron chi connectivity index (χ2n) is 7.59. The number of carbonyl (C=O) groups is 2. The molecular weight excluding hydrogens is 424 g/mol. The van der Waals surface area contributed by atoms with Gasteiger partial charge < -0.3 is 15.0 Å². The van der Waals surface area contributed by atoms with Crippen molar-refractivity contribution in [3.05, 3.63) is 71.7 Å². The highest BCUT2D eigenvalue weighted by Gasteiger charge is 2.35. The molecule has 2 amide bonds. The Balaban J connectivity index is 1.27. The van der Waals surface area contributed by atoms with Crippen LogP contribution in [0.4, 0.5) is 10.8 Å². The first kappa shape index (κ1) is 20.1. The summed E-state index contributed by atoms with van der Waals surface area (Å²) in [6, 6.07) is 21.3. The third-order valence-electron chi connectivity index (χ3n) is 5.38. The first-order valence-electron chi connectivity index (χ1n) is 10.2. The number of aryl methyl sites for hydroxylation is 1. The lowest BCUT2D eigenvalue weighted by molar-refractivity contribution is -0.122. The smallest absolute Gasteiger partial charge is 0.231 e. The van der Waals surface area contributed by atoms with Gasteiger partial charge in [-0.15, -0.1) is 10.2 Å². The van der Waals surface area contributed by atoms with Crippen LogP contribution in [0.25, 0.3) is 10.8 Å². The lowest BCUT2D eigenvalue weighted by atomic mass is 10.1. The zero-order valence-electron chi connectivity index (χ0n) is 17.3. The van der Waals surface area contributed by atoms with E-state index in [9.17, 15) is 9.59 Å². The van der Waals surface area contributed by atoms with Crippen LogP contribution in [0.3, 0.4) is 0 Å². The summed E-state index contributed by atoms with van der Waals surface area (Å²) < 4.78 is 6.08. The van der Waals surface area contributed by atoms with Crippen LogP contribution in [0, 0.1) is 12.8 Å². The summed E-state index contributed by atoms with van der Waals surface area (Å²) >= 11 is 1.31. The molecule has 1 saturated heterocycles. The van der Waals surface area contributed by atoms with Crippen molar-refractivity contribution in [1.82, 2.24) is 10.2 Å². The van der Waals surface area contributed by atoms with Crippen molar-refractivity contribution in [2.45, 2.75) is 13.3 Å². The summed E-state index contributed by atoms with van der Waals surface area (Å²) in [6.45, 7) is 2.15. The van der Waals surface area contributed by atoms with Gasteiger partial charge >= 0.3 is 0 Å². The number of nitrogens with zero attached hydrogens (tertiary/aromatic N) is 3. The first-order valence-corrected chi connectivity index (χ1v) is 11.1. The highest BCUT2D eigenvalue weighted by atomic mass is 32.1. The molecule has 0 saturated carbocycles. The normalized spacial score (nSPS) is 15.8. The van der Waals surface area contributed by atoms with Crippen molar-refractivity contribution in [1.29, 1.82) is 0 Å². The van der Waals surface area contributed by atoms with Crippen LogP contribution in [-0.2, 0) is 9.59 Å². The number of anilines is 2. The number of hydrogen-bond donors (Lipinski definition) is 1. The molecule has 0 spiro atoms. The number of amides is 2. The van der Waals surface area contributed by atoms with Gasteiger partial charge in [0, 0.05) is 24.0 Å².